The van der Waals surface area contributed by atoms with E-state index >= 15 is 0 Å². The second-order valence-electron chi connectivity index (χ2n) is 4.66. The zero-order valence-corrected chi connectivity index (χ0v) is 11.6. The molecule has 0 aliphatic rings. The van der Waals surface area contributed by atoms with Crippen molar-refractivity contribution >= 4 is 5.91 Å². The van der Waals surface area contributed by atoms with Gasteiger partial charge in [0.05, 0.1) is 11.6 Å². The van der Waals surface area contributed by atoms with Crippen LogP contribution < -0.4 is 5.32 Å². The van der Waals surface area contributed by atoms with Crippen molar-refractivity contribution in [1.29, 1.82) is 5.26 Å². The molecule has 0 aliphatic carbocycles. The maximum Gasteiger partial charge on any atom is 0.221 e. The minimum atomic E-state index is -0.511. The molecule has 108 valence electrons. The molecule has 0 radical (unpaired) electrons. The van der Waals surface area contributed by atoms with Gasteiger partial charge < -0.3 is 9.73 Å². The van der Waals surface area contributed by atoms with Gasteiger partial charge in [0.2, 0.25) is 5.91 Å². The minimum absolute atomic E-state index is 0.215. The van der Waals surface area contributed by atoms with E-state index in [2.05, 4.69) is 5.32 Å². The van der Waals surface area contributed by atoms with Gasteiger partial charge in [0, 0.05) is 12.8 Å². The Labute approximate surface area is 122 Å². The first-order chi connectivity index (χ1) is 10.1. The van der Waals surface area contributed by atoms with Crippen molar-refractivity contribution in [1.82, 2.24) is 5.32 Å². The van der Waals surface area contributed by atoms with E-state index in [0.717, 1.165) is 0 Å². The average Bonchev–Trinajstić information content (AvgIpc) is 2.94. The lowest BCUT2D eigenvalue weighted by molar-refractivity contribution is -0.121. The van der Waals surface area contributed by atoms with Crippen LogP contribution in [0, 0.1) is 17.1 Å². The van der Waals surface area contributed by atoms with Crippen molar-refractivity contribution in [2.45, 2.75) is 25.8 Å². The van der Waals surface area contributed by atoms with Crippen LogP contribution in [0.5, 0.6) is 0 Å². The highest BCUT2D eigenvalue weighted by atomic mass is 19.1. The Bertz CT molecular complexity index is 673. The number of carbonyl (C=O) groups excluding carboxylic acids is 1. The molecule has 21 heavy (non-hydrogen) atoms. The molecule has 1 amide bonds. The first-order valence-electron chi connectivity index (χ1n) is 6.62. The quantitative estimate of drug-likeness (QED) is 0.918. The third-order valence-corrected chi connectivity index (χ3v) is 2.97. The van der Waals surface area contributed by atoms with Crippen LogP contribution in [0.15, 0.2) is 40.8 Å². The summed E-state index contributed by atoms with van der Waals surface area (Å²) in [5.41, 5.74) is 0.395. The molecule has 0 saturated carbocycles. The van der Waals surface area contributed by atoms with Crippen LogP contribution in [-0.2, 0) is 11.2 Å². The van der Waals surface area contributed by atoms with Gasteiger partial charge in [0.15, 0.2) is 0 Å². The Hall–Kier alpha value is -2.61. The van der Waals surface area contributed by atoms with Gasteiger partial charge in [0.25, 0.3) is 0 Å². The second kappa shape index (κ2) is 6.71. The Kier molecular flexibility index (Phi) is 4.72. The Morgan fingerprint density at radius 3 is 2.86 bits per heavy atom. The molecule has 1 N–H and O–H groups in total. The highest BCUT2D eigenvalue weighted by molar-refractivity contribution is 5.76. The van der Waals surface area contributed by atoms with Crippen LogP contribution in [0.1, 0.15) is 19.1 Å². The number of nitrogens with one attached hydrogen (secondary N) is 1. The topological polar surface area (TPSA) is 66.0 Å². The van der Waals surface area contributed by atoms with Crippen molar-refractivity contribution in [2.24, 2.45) is 0 Å². The van der Waals surface area contributed by atoms with E-state index in [-0.39, 0.29) is 18.1 Å². The molecule has 1 atom stereocenters. The predicted molar refractivity (Wildman–Crippen MR) is 75.6 cm³/mol. The fourth-order valence-electron chi connectivity index (χ4n) is 1.90. The van der Waals surface area contributed by atoms with Crippen LogP contribution in [0.3, 0.4) is 0 Å². The first-order valence-corrected chi connectivity index (χ1v) is 6.62. The third kappa shape index (κ3) is 3.93. The van der Waals surface area contributed by atoms with Gasteiger partial charge in [-0.25, -0.2) is 4.39 Å². The SMILES string of the molecule is CC(C#N)NC(=O)CCc1ccc(-c2ccccc2F)o1. The molecule has 1 heterocycles. The maximum atomic E-state index is 13.6. The van der Waals surface area contributed by atoms with Gasteiger partial charge in [-0.2, -0.15) is 5.26 Å². The van der Waals surface area contributed by atoms with E-state index in [1.165, 1.54) is 6.07 Å². The van der Waals surface area contributed by atoms with E-state index in [4.69, 9.17) is 9.68 Å². The molecule has 0 bridgehead atoms. The summed E-state index contributed by atoms with van der Waals surface area (Å²) in [5.74, 6) is 0.480. The number of amides is 1. The van der Waals surface area contributed by atoms with Gasteiger partial charge in [-0.3, -0.25) is 4.79 Å². The summed E-state index contributed by atoms with van der Waals surface area (Å²) in [4.78, 5) is 11.6. The van der Waals surface area contributed by atoms with Gasteiger partial charge in [-0.1, -0.05) is 12.1 Å². The van der Waals surface area contributed by atoms with Crippen LogP contribution in [0.4, 0.5) is 4.39 Å². The standard InChI is InChI=1S/C16H15FN2O2/c1-11(10-18)19-16(20)9-7-12-6-8-15(21-12)13-4-2-3-5-14(13)17/h2-6,8,11H,7,9H2,1H3,(H,19,20). The van der Waals surface area contributed by atoms with Crippen molar-refractivity contribution in [3.05, 3.63) is 48.0 Å². The molecule has 0 spiro atoms. The number of halogens is 1. The van der Waals surface area contributed by atoms with E-state index in [9.17, 15) is 9.18 Å². The molecular weight excluding hydrogens is 271 g/mol. The predicted octanol–water partition coefficient (Wildman–Crippen LogP) is 3.05. The van der Waals surface area contributed by atoms with Crippen molar-refractivity contribution in [3.63, 3.8) is 0 Å². The Balaban J connectivity index is 1.97. The van der Waals surface area contributed by atoms with Crippen molar-refractivity contribution < 1.29 is 13.6 Å². The molecule has 1 aromatic heterocycles. The molecule has 1 unspecified atom stereocenters. The van der Waals surface area contributed by atoms with Gasteiger partial charge in [0.1, 0.15) is 23.4 Å². The fraction of sp³-hybridized carbons (Fsp3) is 0.250. The monoisotopic (exact) mass is 286 g/mol. The molecule has 2 aromatic rings. The lowest BCUT2D eigenvalue weighted by Gasteiger charge is -2.05. The summed E-state index contributed by atoms with van der Waals surface area (Å²) >= 11 is 0. The second-order valence-corrected chi connectivity index (χ2v) is 4.66. The molecule has 0 aliphatic heterocycles. The van der Waals surface area contributed by atoms with Crippen molar-refractivity contribution in [3.8, 4) is 17.4 Å². The fourth-order valence-corrected chi connectivity index (χ4v) is 1.90. The number of furan rings is 1. The Morgan fingerprint density at radius 1 is 1.38 bits per heavy atom. The number of nitrogens with zero attached hydrogens (tertiary/aromatic N) is 1. The molecule has 0 saturated heterocycles. The summed E-state index contributed by atoms with van der Waals surface area (Å²) in [6.07, 6.45) is 0.620. The molecule has 0 fully saturated rings. The summed E-state index contributed by atoms with van der Waals surface area (Å²) in [7, 11) is 0. The van der Waals surface area contributed by atoms with E-state index in [1.807, 2.05) is 6.07 Å². The third-order valence-electron chi connectivity index (χ3n) is 2.97. The number of benzene rings is 1. The highest BCUT2D eigenvalue weighted by Gasteiger charge is 2.11. The molecule has 1 aromatic carbocycles. The number of rotatable bonds is 5. The van der Waals surface area contributed by atoms with Crippen LogP contribution in [0.25, 0.3) is 11.3 Å². The smallest absolute Gasteiger partial charge is 0.221 e. The van der Waals surface area contributed by atoms with Crippen LogP contribution >= 0.6 is 0 Å². The number of hydrogen-bond acceptors (Lipinski definition) is 3. The van der Waals surface area contributed by atoms with Gasteiger partial charge in [-0.15, -0.1) is 0 Å². The highest BCUT2D eigenvalue weighted by Crippen LogP contribution is 2.25. The number of nitriles is 1. The number of hydrogen-bond donors (Lipinski definition) is 1. The molecule has 2 rings (SSSR count). The summed E-state index contributed by atoms with van der Waals surface area (Å²) in [5, 5.41) is 11.2. The van der Waals surface area contributed by atoms with E-state index < -0.39 is 6.04 Å². The molecule has 5 heteroatoms. The lowest BCUT2D eigenvalue weighted by Crippen LogP contribution is -2.31. The lowest BCUT2D eigenvalue weighted by atomic mass is 10.1. The van der Waals surface area contributed by atoms with Crippen LogP contribution in [-0.4, -0.2) is 11.9 Å². The normalized spacial score (nSPS) is 11.7. The minimum Gasteiger partial charge on any atom is -0.461 e. The summed E-state index contributed by atoms with van der Waals surface area (Å²) in [6, 6.07) is 11.2. The number of aryl methyl sites for hydroxylation is 1. The van der Waals surface area contributed by atoms with Crippen molar-refractivity contribution in [2.75, 3.05) is 0 Å². The van der Waals surface area contributed by atoms with E-state index in [0.29, 0.717) is 23.5 Å². The Morgan fingerprint density at radius 2 is 2.14 bits per heavy atom. The molecule has 4 nitrogen and oxygen atoms in total. The zero-order valence-electron chi connectivity index (χ0n) is 11.6. The summed E-state index contributed by atoms with van der Waals surface area (Å²) < 4.78 is 19.2. The number of carbonyl (C=O) groups is 1. The maximum absolute atomic E-state index is 13.6. The first kappa shape index (κ1) is 14.8. The summed E-state index contributed by atoms with van der Waals surface area (Å²) in [6.45, 7) is 1.61. The zero-order chi connectivity index (χ0) is 15.2. The molecular formula is C16H15FN2O2. The van der Waals surface area contributed by atoms with Gasteiger partial charge >= 0.3 is 0 Å². The van der Waals surface area contributed by atoms with E-state index in [1.54, 1.807) is 37.3 Å². The largest absolute Gasteiger partial charge is 0.461 e. The van der Waals surface area contributed by atoms with Crippen LogP contribution in [0.2, 0.25) is 0 Å². The van der Waals surface area contributed by atoms with Gasteiger partial charge in [-0.05, 0) is 31.2 Å². The average molecular weight is 286 g/mol.